The predicted molar refractivity (Wildman–Crippen MR) is 124 cm³/mol. The number of ether oxygens (including phenoxy) is 4. The fraction of sp³-hybridized carbons (Fsp3) is 0.923. The summed E-state index contributed by atoms with van der Waals surface area (Å²) in [4.78, 5) is 23.1. The van der Waals surface area contributed by atoms with Crippen LogP contribution in [0.2, 0.25) is 0 Å². The van der Waals surface area contributed by atoms with Gasteiger partial charge in [-0.3, -0.25) is 9.59 Å². The molecule has 2 saturated heterocycles. The maximum absolute atomic E-state index is 11.6. The molecule has 0 saturated carbocycles. The van der Waals surface area contributed by atoms with Crippen molar-refractivity contribution in [3.8, 4) is 0 Å². The van der Waals surface area contributed by atoms with Crippen LogP contribution in [0, 0.1) is 5.92 Å². The number of esters is 2. The molecule has 0 aliphatic carbocycles. The smallest absolute Gasteiger partial charge is 0.305 e. The van der Waals surface area contributed by atoms with Gasteiger partial charge in [-0.15, -0.1) is 0 Å². The summed E-state index contributed by atoms with van der Waals surface area (Å²) in [6, 6.07) is 0. The minimum absolute atomic E-state index is 0.0746. The van der Waals surface area contributed by atoms with E-state index in [0.717, 1.165) is 44.8 Å². The maximum Gasteiger partial charge on any atom is 0.305 e. The van der Waals surface area contributed by atoms with Gasteiger partial charge in [0, 0.05) is 12.8 Å². The Morgan fingerprint density at radius 2 is 1.06 bits per heavy atom. The van der Waals surface area contributed by atoms with E-state index in [-0.39, 0.29) is 24.1 Å². The van der Waals surface area contributed by atoms with Crippen LogP contribution in [-0.2, 0) is 28.5 Å². The molecule has 6 nitrogen and oxygen atoms in total. The number of carbonyl (C=O) groups excluding carboxylic acids is 2. The lowest BCUT2D eigenvalue weighted by Gasteiger charge is -2.14. The quantitative estimate of drug-likeness (QED) is 0.118. The second-order valence-electron chi connectivity index (χ2n) is 9.52. The summed E-state index contributed by atoms with van der Waals surface area (Å²) in [5.41, 5.74) is 0. The Morgan fingerprint density at radius 1 is 0.688 bits per heavy atom. The van der Waals surface area contributed by atoms with Crippen LogP contribution in [0.15, 0.2) is 0 Å². The fourth-order valence-electron chi connectivity index (χ4n) is 4.04. The number of rotatable bonds is 22. The van der Waals surface area contributed by atoms with Gasteiger partial charge >= 0.3 is 11.9 Å². The number of hydrogen-bond acceptors (Lipinski definition) is 6. The molecule has 0 amide bonds. The Balaban J connectivity index is 1.28. The highest BCUT2D eigenvalue weighted by Gasteiger charge is 2.24. The predicted octanol–water partition coefficient (Wildman–Crippen LogP) is 5.75. The number of hydrogen-bond donors (Lipinski definition) is 0. The highest BCUT2D eigenvalue weighted by Crippen LogP contribution is 2.22. The molecule has 186 valence electrons. The Hall–Kier alpha value is -1.14. The van der Waals surface area contributed by atoms with Crippen molar-refractivity contribution in [3.05, 3.63) is 0 Å². The molecule has 6 heteroatoms. The molecule has 2 aliphatic rings. The van der Waals surface area contributed by atoms with Gasteiger partial charge in [0.2, 0.25) is 0 Å². The molecule has 2 aliphatic heterocycles. The Bertz CT molecular complexity index is 501. The summed E-state index contributed by atoms with van der Waals surface area (Å²) in [5, 5.41) is 0. The van der Waals surface area contributed by atoms with Crippen molar-refractivity contribution < 1.29 is 28.5 Å². The Kier molecular flexibility index (Phi) is 14.7. The molecule has 2 rings (SSSR count). The van der Waals surface area contributed by atoms with Crippen molar-refractivity contribution in [2.24, 2.45) is 5.92 Å². The summed E-state index contributed by atoms with van der Waals surface area (Å²) in [6.45, 7) is 4.65. The zero-order valence-electron chi connectivity index (χ0n) is 20.3. The molecule has 2 fully saturated rings. The van der Waals surface area contributed by atoms with Gasteiger partial charge < -0.3 is 18.9 Å². The molecule has 0 bridgehead atoms. The summed E-state index contributed by atoms with van der Waals surface area (Å²) in [6.07, 6.45) is 18.5. The fourth-order valence-corrected chi connectivity index (χ4v) is 4.04. The standard InChI is InChI=1S/C26H46O6/c1-2-22(15-11-9-13-17-26(28)32-21-24-19-30-24)14-10-7-5-3-4-6-8-12-16-25(27)31-20-23-18-29-23/h22-24H,2-21H2,1H3. The third-order valence-corrected chi connectivity index (χ3v) is 6.48. The second-order valence-corrected chi connectivity index (χ2v) is 9.52. The maximum atomic E-state index is 11.6. The lowest BCUT2D eigenvalue weighted by atomic mass is 9.92. The van der Waals surface area contributed by atoms with E-state index in [4.69, 9.17) is 18.9 Å². The van der Waals surface area contributed by atoms with Crippen LogP contribution in [-0.4, -0.2) is 50.6 Å². The van der Waals surface area contributed by atoms with Crippen molar-refractivity contribution in [1.82, 2.24) is 0 Å². The molecule has 0 aromatic rings. The SMILES string of the molecule is CCC(CCCCCCCCCCC(=O)OCC1CO1)CCCCCC(=O)OCC1CO1. The molecular weight excluding hydrogens is 408 g/mol. The van der Waals surface area contributed by atoms with Crippen molar-refractivity contribution in [2.45, 2.75) is 122 Å². The number of carbonyl (C=O) groups is 2. The Labute approximate surface area is 195 Å². The molecule has 0 N–H and O–H groups in total. The Morgan fingerprint density at radius 3 is 1.47 bits per heavy atom. The molecule has 2 heterocycles. The lowest BCUT2D eigenvalue weighted by molar-refractivity contribution is -0.145. The van der Waals surface area contributed by atoms with Crippen molar-refractivity contribution in [3.63, 3.8) is 0 Å². The third kappa shape index (κ3) is 15.6. The highest BCUT2D eigenvalue weighted by atomic mass is 16.6. The van der Waals surface area contributed by atoms with Gasteiger partial charge in [0.15, 0.2) is 0 Å². The van der Waals surface area contributed by atoms with Gasteiger partial charge in [0.05, 0.1) is 13.2 Å². The first kappa shape index (κ1) is 27.1. The van der Waals surface area contributed by atoms with Crippen LogP contribution in [0.3, 0.4) is 0 Å². The highest BCUT2D eigenvalue weighted by molar-refractivity contribution is 5.69. The van der Waals surface area contributed by atoms with E-state index in [9.17, 15) is 9.59 Å². The van der Waals surface area contributed by atoms with Crippen LogP contribution in [0.1, 0.15) is 110 Å². The van der Waals surface area contributed by atoms with E-state index in [1.54, 1.807) is 0 Å². The van der Waals surface area contributed by atoms with E-state index in [1.165, 1.54) is 64.2 Å². The van der Waals surface area contributed by atoms with Gasteiger partial charge in [0.25, 0.3) is 0 Å². The van der Waals surface area contributed by atoms with Crippen molar-refractivity contribution >= 4 is 11.9 Å². The average Bonchev–Trinajstić information content (AvgIpc) is 3.70. The summed E-state index contributed by atoms with van der Waals surface area (Å²) in [7, 11) is 0. The van der Waals surface area contributed by atoms with E-state index in [2.05, 4.69) is 6.92 Å². The normalized spacial score (nSPS) is 20.0. The minimum Gasteiger partial charge on any atom is -0.463 e. The van der Waals surface area contributed by atoms with Crippen LogP contribution in [0.25, 0.3) is 0 Å². The van der Waals surface area contributed by atoms with Gasteiger partial charge in [0.1, 0.15) is 25.4 Å². The molecule has 0 aromatic heterocycles. The van der Waals surface area contributed by atoms with E-state index < -0.39 is 0 Å². The van der Waals surface area contributed by atoms with Gasteiger partial charge in [-0.1, -0.05) is 84.0 Å². The van der Waals surface area contributed by atoms with Gasteiger partial charge in [-0.25, -0.2) is 0 Å². The third-order valence-electron chi connectivity index (χ3n) is 6.48. The van der Waals surface area contributed by atoms with Crippen LogP contribution in [0.4, 0.5) is 0 Å². The zero-order chi connectivity index (χ0) is 22.9. The van der Waals surface area contributed by atoms with Crippen LogP contribution >= 0.6 is 0 Å². The molecule has 3 atom stereocenters. The number of unbranched alkanes of at least 4 members (excludes halogenated alkanes) is 9. The minimum atomic E-state index is -0.0760. The van der Waals surface area contributed by atoms with Crippen LogP contribution < -0.4 is 0 Å². The number of epoxide rings is 2. The lowest BCUT2D eigenvalue weighted by Crippen LogP contribution is -2.09. The average molecular weight is 455 g/mol. The van der Waals surface area contributed by atoms with E-state index >= 15 is 0 Å². The van der Waals surface area contributed by atoms with Crippen molar-refractivity contribution in [1.29, 1.82) is 0 Å². The van der Waals surface area contributed by atoms with Gasteiger partial charge in [-0.2, -0.15) is 0 Å². The first-order chi connectivity index (χ1) is 15.7. The first-order valence-corrected chi connectivity index (χ1v) is 13.2. The monoisotopic (exact) mass is 454 g/mol. The topological polar surface area (TPSA) is 77.7 Å². The largest absolute Gasteiger partial charge is 0.463 e. The molecule has 3 unspecified atom stereocenters. The molecule has 0 aromatic carbocycles. The summed E-state index contributed by atoms with van der Waals surface area (Å²) >= 11 is 0. The summed E-state index contributed by atoms with van der Waals surface area (Å²) in [5.74, 6) is 0.683. The molecule has 32 heavy (non-hydrogen) atoms. The molecular formula is C26H46O6. The van der Waals surface area contributed by atoms with E-state index in [1.807, 2.05) is 0 Å². The van der Waals surface area contributed by atoms with E-state index in [0.29, 0.717) is 26.1 Å². The molecule has 0 spiro atoms. The first-order valence-electron chi connectivity index (χ1n) is 13.2. The zero-order valence-corrected chi connectivity index (χ0v) is 20.3. The second kappa shape index (κ2) is 17.4. The van der Waals surface area contributed by atoms with Crippen molar-refractivity contribution in [2.75, 3.05) is 26.4 Å². The summed E-state index contributed by atoms with van der Waals surface area (Å²) < 4.78 is 20.4. The molecule has 0 radical (unpaired) electrons. The van der Waals surface area contributed by atoms with Crippen LogP contribution in [0.5, 0.6) is 0 Å². The van der Waals surface area contributed by atoms with Gasteiger partial charge in [-0.05, 0) is 18.8 Å².